The molecule has 0 amide bonds. The van der Waals surface area contributed by atoms with Crippen molar-refractivity contribution in [2.75, 3.05) is 5.75 Å². The third-order valence-electron chi connectivity index (χ3n) is 0.751. The summed E-state index contributed by atoms with van der Waals surface area (Å²) >= 11 is 0. The SMILES string of the molecule is O=S1(=O)C=C[CH]C1. The summed E-state index contributed by atoms with van der Waals surface area (Å²) in [4.78, 5) is 0. The molecular weight excluding hydrogens is 112 g/mol. The van der Waals surface area contributed by atoms with Crippen LogP contribution in [-0.4, -0.2) is 14.2 Å². The van der Waals surface area contributed by atoms with E-state index >= 15 is 0 Å². The highest BCUT2D eigenvalue weighted by Crippen LogP contribution is 2.03. The van der Waals surface area contributed by atoms with Gasteiger partial charge in [0.15, 0.2) is 9.84 Å². The summed E-state index contributed by atoms with van der Waals surface area (Å²) in [6.45, 7) is 0. The van der Waals surface area contributed by atoms with E-state index in [2.05, 4.69) is 0 Å². The first kappa shape index (κ1) is 4.84. The minimum Gasteiger partial charge on any atom is -0.224 e. The predicted octanol–water partition coefficient (Wildman–Crippen LogP) is 0.133. The zero-order valence-corrected chi connectivity index (χ0v) is 4.48. The van der Waals surface area contributed by atoms with Crippen LogP contribution >= 0.6 is 0 Å². The molecule has 1 aliphatic rings. The first-order chi connectivity index (χ1) is 3.21. The van der Waals surface area contributed by atoms with Crippen molar-refractivity contribution in [3.63, 3.8) is 0 Å². The molecule has 39 valence electrons. The topological polar surface area (TPSA) is 34.1 Å². The first-order valence-corrected chi connectivity index (χ1v) is 3.65. The lowest BCUT2D eigenvalue weighted by Gasteiger charge is -1.79. The number of hydrogen-bond donors (Lipinski definition) is 0. The summed E-state index contributed by atoms with van der Waals surface area (Å²) in [5, 5.41) is 1.22. The average Bonchev–Trinajstić information content (AvgIpc) is 1.84. The molecule has 0 bridgehead atoms. The Morgan fingerprint density at radius 1 is 1.43 bits per heavy atom. The average molecular weight is 117 g/mol. The lowest BCUT2D eigenvalue weighted by molar-refractivity contribution is 0.608. The van der Waals surface area contributed by atoms with E-state index in [0.717, 1.165) is 0 Å². The Morgan fingerprint density at radius 2 is 2.14 bits per heavy atom. The van der Waals surface area contributed by atoms with Crippen LogP contribution in [0, 0.1) is 6.42 Å². The van der Waals surface area contributed by atoms with Gasteiger partial charge in [-0.25, -0.2) is 8.42 Å². The maximum absolute atomic E-state index is 10.3. The summed E-state index contributed by atoms with van der Waals surface area (Å²) in [7, 11) is -2.78. The second-order valence-electron chi connectivity index (χ2n) is 1.39. The van der Waals surface area contributed by atoms with Gasteiger partial charge >= 0.3 is 0 Å². The van der Waals surface area contributed by atoms with Gasteiger partial charge in [0.05, 0.1) is 5.75 Å². The van der Waals surface area contributed by atoms with E-state index in [9.17, 15) is 8.42 Å². The summed E-state index contributed by atoms with van der Waals surface area (Å²) in [5.74, 6) is 0.188. The van der Waals surface area contributed by atoms with Crippen molar-refractivity contribution in [1.29, 1.82) is 0 Å². The maximum atomic E-state index is 10.3. The molecule has 1 heterocycles. The minimum absolute atomic E-state index is 0.188. The summed E-state index contributed by atoms with van der Waals surface area (Å²) in [6.07, 6.45) is 3.17. The molecule has 0 atom stereocenters. The van der Waals surface area contributed by atoms with Gasteiger partial charge in [0, 0.05) is 5.41 Å². The van der Waals surface area contributed by atoms with E-state index in [0.29, 0.717) is 0 Å². The highest BCUT2D eigenvalue weighted by atomic mass is 32.2. The Bertz CT molecular complexity index is 176. The van der Waals surface area contributed by atoms with Crippen LogP contribution in [0.15, 0.2) is 11.5 Å². The molecule has 0 aromatic carbocycles. The molecule has 0 unspecified atom stereocenters. The van der Waals surface area contributed by atoms with Gasteiger partial charge in [-0.3, -0.25) is 0 Å². The number of sulfone groups is 1. The fourth-order valence-corrected chi connectivity index (χ4v) is 1.26. The molecule has 0 saturated carbocycles. The number of hydrogen-bond acceptors (Lipinski definition) is 2. The van der Waals surface area contributed by atoms with Crippen LogP contribution in [0.25, 0.3) is 0 Å². The van der Waals surface area contributed by atoms with E-state index in [1.807, 2.05) is 0 Å². The van der Waals surface area contributed by atoms with Crippen molar-refractivity contribution in [2.45, 2.75) is 0 Å². The number of allylic oxidation sites excluding steroid dienone is 1. The van der Waals surface area contributed by atoms with Crippen molar-refractivity contribution in [2.24, 2.45) is 0 Å². The minimum atomic E-state index is -2.78. The third-order valence-corrected chi connectivity index (χ3v) is 1.98. The molecule has 0 spiro atoms. The molecule has 7 heavy (non-hydrogen) atoms. The van der Waals surface area contributed by atoms with Crippen molar-refractivity contribution >= 4 is 9.84 Å². The Kier molecular flexibility index (Phi) is 0.922. The van der Waals surface area contributed by atoms with Crippen molar-refractivity contribution in [3.05, 3.63) is 17.9 Å². The molecule has 2 nitrogen and oxygen atoms in total. The summed E-state index contributed by atoms with van der Waals surface area (Å²) in [6, 6.07) is 0. The fraction of sp³-hybridized carbons (Fsp3) is 0.250. The Hall–Kier alpha value is -0.310. The van der Waals surface area contributed by atoms with Gasteiger partial charge in [0.25, 0.3) is 0 Å². The molecule has 0 fully saturated rings. The molecule has 1 radical (unpaired) electrons. The van der Waals surface area contributed by atoms with Gasteiger partial charge in [-0.2, -0.15) is 0 Å². The van der Waals surface area contributed by atoms with Crippen LogP contribution in [-0.2, 0) is 9.84 Å². The van der Waals surface area contributed by atoms with Crippen LogP contribution in [0.1, 0.15) is 0 Å². The third kappa shape index (κ3) is 1.03. The monoisotopic (exact) mass is 117 g/mol. The van der Waals surface area contributed by atoms with E-state index in [1.165, 1.54) is 5.41 Å². The van der Waals surface area contributed by atoms with Crippen LogP contribution in [0.4, 0.5) is 0 Å². The number of rotatable bonds is 0. The largest absolute Gasteiger partial charge is 0.224 e. The highest BCUT2D eigenvalue weighted by Gasteiger charge is 2.08. The zero-order chi connectivity index (χ0) is 5.33. The normalized spacial score (nSPS) is 25.7. The highest BCUT2D eigenvalue weighted by molar-refractivity contribution is 7.94. The van der Waals surface area contributed by atoms with Gasteiger partial charge in [0.1, 0.15) is 0 Å². The summed E-state index contributed by atoms with van der Waals surface area (Å²) < 4.78 is 20.6. The van der Waals surface area contributed by atoms with E-state index in [-0.39, 0.29) is 5.75 Å². The molecular formula is C4H5O2S. The Labute approximate surface area is 42.8 Å². The van der Waals surface area contributed by atoms with Crippen LogP contribution in [0.2, 0.25) is 0 Å². The molecule has 0 N–H and O–H groups in total. The Morgan fingerprint density at radius 3 is 2.29 bits per heavy atom. The maximum Gasteiger partial charge on any atom is 0.171 e. The van der Waals surface area contributed by atoms with E-state index < -0.39 is 9.84 Å². The summed E-state index contributed by atoms with van der Waals surface area (Å²) in [5.41, 5.74) is 0. The van der Waals surface area contributed by atoms with Crippen molar-refractivity contribution < 1.29 is 8.42 Å². The van der Waals surface area contributed by atoms with Gasteiger partial charge in [-0.15, -0.1) is 0 Å². The second-order valence-corrected chi connectivity index (χ2v) is 3.32. The van der Waals surface area contributed by atoms with Crippen molar-refractivity contribution in [1.82, 2.24) is 0 Å². The van der Waals surface area contributed by atoms with Crippen molar-refractivity contribution in [3.8, 4) is 0 Å². The Balaban J connectivity index is 2.99. The predicted molar refractivity (Wildman–Crippen MR) is 27.2 cm³/mol. The molecule has 0 aliphatic carbocycles. The van der Waals surface area contributed by atoms with Gasteiger partial charge in [-0.05, 0) is 6.42 Å². The van der Waals surface area contributed by atoms with Crippen LogP contribution < -0.4 is 0 Å². The molecule has 0 aromatic rings. The molecule has 1 rings (SSSR count). The van der Waals surface area contributed by atoms with Crippen LogP contribution in [0.5, 0.6) is 0 Å². The molecule has 3 heteroatoms. The van der Waals surface area contributed by atoms with E-state index in [4.69, 9.17) is 0 Å². The zero-order valence-electron chi connectivity index (χ0n) is 3.66. The fourth-order valence-electron chi connectivity index (χ4n) is 0.420. The van der Waals surface area contributed by atoms with Gasteiger partial charge < -0.3 is 0 Å². The quantitative estimate of drug-likeness (QED) is 0.452. The van der Waals surface area contributed by atoms with E-state index in [1.54, 1.807) is 12.5 Å². The van der Waals surface area contributed by atoms with Gasteiger partial charge in [0.2, 0.25) is 0 Å². The lowest BCUT2D eigenvalue weighted by Crippen LogP contribution is -1.93. The smallest absolute Gasteiger partial charge is 0.171 e. The molecule has 0 saturated heterocycles. The second kappa shape index (κ2) is 1.33. The van der Waals surface area contributed by atoms with Crippen LogP contribution in [0.3, 0.4) is 0 Å². The van der Waals surface area contributed by atoms with Gasteiger partial charge in [-0.1, -0.05) is 6.08 Å². The molecule has 0 aromatic heterocycles. The molecule has 1 aliphatic heterocycles. The standard InChI is InChI=1S/C4H5O2S/c5-7(6)3-1-2-4-7/h1-3H,4H2. The first-order valence-electron chi connectivity index (χ1n) is 1.93. The lowest BCUT2D eigenvalue weighted by atomic mass is 10.5.